The maximum Gasteiger partial charge on any atom is 0.319 e. The molecule has 12 heavy (non-hydrogen) atoms. The number of hydrogen-bond donors (Lipinski definition) is 2. The number of nitrogens with one attached hydrogen (secondary N) is 2. The largest absolute Gasteiger partial charge is 0.338 e. The third kappa shape index (κ3) is 2.62. The molecular weight excluding hydrogens is 152 g/mol. The quantitative estimate of drug-likeness (QED) is 0.683. The van der Waals surface area contributed by atoms with Gasteiger partial charge in [0.1, 0.15) is 0 Å². The van der Waals surface area contributed by atoms with Gasteiger partial charge in [0.2, 0.25) is 0 Å². The molecule has 63 valence electrons. The van der Waals surface area contributed by atoms with Crippen LogP contribution >= 0.6 is 0 Å². The van der Waals surface area contributed by atoms with E-state index in [9.17, 15) is 4.79 Å². The average Bonchev–Trinajstić information content (AvgIpc) is 2.06. The van der Waals surface area contributed by atoms with Gasteiger partial charge in [0.15, 0.2) is 0 Å². The number of rotatable bonds is 2. The number of benzene rings is 1. The third-order valence-electron chi connectivity index (χ3n) is 1.30. The zero-order valence-corrected chi connectivity index (χ0v) is 6.92. The smallest absolute Gasteiger partial charge is 0.319 e. The number of carbonyl (C=O) groups is 1. The SMILES string of the molecule is CCNC(=O)Nc1c[c]ccc1. The highest BCUT2D eigenvalue weighted by molar-refractivity contribution is 5.88. The molecule has 1 aromatic carbocycles. The summed E-state index contributed by atoms with van der Waals surface area (Å²) in [5.74, 6) is 0. The minimum atomic E-state index is -0.183. The molecule has 0 aromatic heterocycles. The van der Waals surface area contributed by atoms with Gasteiger partial charge in [-0.2, -0.15) is 0 Å². The van der Waals surface area contributed by atoms with Crippen LogP contribution in [-0.4, -0.2) is 12.6 Å². The summed E-state index contributed by atoms with van der Waals surface area (Å²) in [5, 5.41) is 5.29. The van der Waals surface area contributed by atoms with Crippen LogP contribution in [0.4, 0.5) is 10.5 Å². The summed E-state index contributed by atoms with van der Waals surface area (Å²) in [4.78, 5) is 11.0. The molecule has 0 bridgehead atoms. The van der Waals surface area contributed by atoms with Gasteiger partial charge in [-0.1, -0.05) is 12.1 Å². The number of anilines is 1. The number of amides is 2. The van der Waals surface area contributed by atoms with Crippen LogP contribution in [0.5, 0.6) is 0 Å². The van der Waals surface area contributed by atoms with E-state index in [4.69, 9.17) is 0 Å². The monoisotopic (exact) mass is 163 g/mol. The molecule has 2 N–H and O–H groups in total. The first-order valence-corrected chi connectivity index (χ1v) is 3.84. The van der Waals surface area contributed by atoms with E-state index in [0.29, 0.717) is 6.54 Å². The van der Waals surface area contributed by atoms with Crippen LogP contribution in [0.1, 0.15) is 6.92 Å². The normalized spacial score (nSPS) is 9.08. The highest BCUT2D eigenvalue weighted by atomic mass is 16.2. The van der Waals surface area contributed by atoms with Crippen molar-refractivity contribution >= 4 is 11.7 Å². The predicted molar refractivity (Wildman–Crippen MR) is 48.0 cm³/mol. The van der Waals surface area contributed by atoms with Crippen molar-refractivity contribution in [2.75, 3.05) is 11.9 Å². The van der Waals surface area contributed by atoms with E-state index in [0.717, 1.165) is 5.69 Å². The summed E-state index contributed by atoms with van der Waals surface area (Å²) < 4.78 is 0. The Labute approximate surface area is 71.8 Å². The Kier molecular flexibility index (Phi) is 3.14. The first kappa shape index (κ1) is 8.59. The summed E-state index contributed by atoms with van der Waals surface area (Å²) in [5.41, 5.74) is 0.753. The summed E-state index contributed by atoms with van der Waals surface area (Å²) in [7, 11) is 0. The summed E-state index contributed by atoms with van der Waals surface area (Å²) in [6.07, 6.45) is 0. The van der Waals surface area contributed by atoms with Crippen molar-refractivity contribution < 1.29 is 4.79 Å². The molecule has 0 saturated heterocycles. The van der Waals surface area contributed by atoms with Crippen molar-refractivity contribution in [2.24, 2.45) is 0 Å². The van der Waals surface area contributed by atoms with Gasteiger partial charge in [0.05, 0.1) is 0 Å². The molecule has 1 aromatic rings. The Morgan fingerprint density at radius 3 is 3.08 bits per heavy atom. The fourth-order valence-corrected chi connectivity index (χ4v) is 0.807. The lowest BCUT2D eigenvalue weighted by Gasteiger charge is -2.04. The van der Waals surface area contributed by atoms with E-state index in [1.807, 2.05) is 19.1 Å². The highest BCUT2D eigenvalue weighted by Crippen LogP contribution is 2.03. The van der Waals surface area contributed by atoms with Gasteiger partial charge in [-0.05, 0) is 25.1 Å². The summed E-state index contributed by atoms with van der Waals surface area (Å²) in [6, 6.07) is 9.81. The minimum absolute atomic E-state index is 0.183. The minimum Gasteiger partial charge on any atom is -0.338 e. The predicted octanol–water partition coefficient (Wildman–Crippen LogP) is 1.63. The number of hydrogen-bond acceptors (Lipinski definition) is 1. The second kappa shape index (κ2) is 4.38. The zero-order chi connectivity index (χ0) is 8.81. The van der Waals surface area contributed by atoms with E-state index >= 15 is 0 Å². The topological polar surface area (TPSA) is 41.1 Å². The fraction of sp³-hybridized carbons (Fsp3) is 0.222. The number of carbonyl (C=O) groups excluding carboxylic acids is 1. The van der Waals surface area contributed by atoms with Gasteiger partial charge in [-0.25, -0.2) is 4.79 Å². The zero-order valence-electron chi connectivity index (χ0n) is 6.92. The molecule has 1 rings (SSSR count). The van der Waals surface area contributed by atoms with Gasteiger partial charge in [-0.3, -0.25) is 0 Å². The lowest BCUT2D eigenvalue weighted by atomic mass is 10.3. The van der Waals surface area contributed by atoms with Gasteiger partial charge < -0.3 is 10.6 Å². The molecule has 0 heterocycles. The summed E-state index contributed by atoms with van der Waals surface area (Å²) >= 11 is 0. The first-order chi connectivity index (χ1) is 5.83. The lowest BCUT2D eigenvalue weighted by molar-refractivity contribution is 0.252. The summed E-state index contributed by atoms with van der Waals surface area (Å²) in [6.45, 7) is 2.50. The third-order valence-corrected chi connectivity index (χ3v) is 1.30. The Morgan fingerprint density at radius 2 is 2.50 bits per heavy atom. The Balaban J connectivity index is 2.47. The molecule has 3 nitrogen and oxygen atoms in total. The average molecular weight is 163 g/mol. The standard InChI is InChI=1S/C9H11N2O/c1-2-10-9(12)11-8-6-4-3-5-7-8/h3-4,6-7H,2H2,1H3,(H2,10,11,12). The molecule has 0 aliphatic heterocycles. The Bertz CT molecular complexity index is 246. The van der Waals surface area contributed by atoms with Gasteiger partial charge in [0, 0.05) is 12.2 Å². The van der Waals surface area contributed by atoms with Crippen molar-refractivity contribution in [3.8, 4) is 0 Å². The molecular formula is C9H11N2O. The number of urea groups is 1. The highest BCUT2D eigenvalue weighted by Gasteiger charge is 1.96. The molecule has 0 aliphatic carbocycles. The van der Waals surface area contributed by atoms with Crippen LogP contribution in [0.15, 0.2) is 24.3 Å². The molecule has 0 atom stereocenters. The molecule has 3 heteroatoms. The molecule has 0 unspecified atom stereocenters. The second-order valence-corrected chi connectivity index (χ2v) is 2.28. The molecule has 1 radical (unpaired) electrons. The van der Waals surface area contributed by atoms with E-state index in [1.54, 1.807) is 12.1 Å². The lowest BCUT2D eigenvalue weighted by Crippen LogP contribution is -2.28. The van der Waals surface area contributed by atoms with Crippen LogP contribution < -0.4 is 10.6 Å². The maximum absolute atomic E-state index is 11.0. The van der Waals surface area contributed by atoms with Crippen LogP contribution in [0, 0.1) is 6.07 Å². The van der Waals surface area contributed by atoms with Crippen LogP contribution in [0.25, 0.3) is 0 Å². The van der Waals surface area contributed by atoms with Crippen molar-refractivity contribution in [3.63, 3.8) is 0 Å². The molecule has 0 fully saturated rings. The molecule has 0 aliphatic rings. The Morgan fingerprint density at radius 1 is 1.67 bits per heavy atom. The second-order valence-electron chi connectivity index (χ2n) is 2.28. The van der Waals surface area contributed by atoms with E-state index in [2.05, 4.69) is 16.7 Å². The van der Waals surface area contributed by atoms with Crippen molar-refractivity contribution in [3.05, 3.63) is 30.3 Å². The Hall–Kier alpha value is -1.51. The van der Waals surface area contributed by atoms with Gasteiger partial charge in [0.25, 0.3) is 0 Å². The van der Waals surface area contributed by atoms with Crippen LogP contribution in [-0.2, 0) is 0 Å². The van der Waals surface area contributed by atoms with Gasteiger partial charge in [-0.15, -0.1) is 0 Å². The first-order valence-electron chi connectivity index (χ1n) is 3.84. The maximum atomic E-state index is 11.0. The molecule has 0 saturated carbocycles. The van der Waals surface area contributed by atoms with Crippen molar-refractivity contribution in [1.82, 2.24) is 5.32 Å². The van der Waals surface area contributed by atoms with Crippen molar-refractivity contribution in [1.29, 1.82) is 0 Å². The van der Waals surface area contributed by atoms with E-state index in [1.165, 1.54) is 0 Å². The van der Waals surface area contributed by atoms with E-state index in [-0.39, 0.29) is 6.03 Å². The molecule has 0 spiro atoms. The van der Waals surface area contributed by atoms with E-state index < -0.39 is 0 Å². The van der Waals surface area contributed by atoms with Crippen LogP contribution in [0.2, 0.25) is 0 Å². The molecule has 2 amide bonds. The van der Waals surface area contributed by atoms with Crippen molar-refractivity contribution in [2.45, 2.75) is 6.92 Å². The fourth-order valence-electron chi connectivity index (χ4n) is 0.807. The van der Waals surface area contributed by atoms with Crippen LogP contribution in [0.3, 0.4) is 0 Å². The van der Waals surface area contributed by atoms with Gasteiger partial charge >= 0.3 is 6.03 Å².